The Balaban J connectivity index is 2.15. The third kappa shape index (κ3) is 3.15. The van der Waals surface area contributed by atoms with Gasteiger partial charge >= 0.3 is 0 Å². The van der Waals surface area contributed by atoms with Gasteiger partial charge in [-0.2, -0.15) is 5.10 Å². The van der Waals surface area contributed by atoms with Crippen LogP contribution < -0.4 is 16.2 Å². The number of nitrogens with one attached hydrogen (secondary N) is 1. The first-order valence-corrected chi connectivity index (χ1v) is 6.75. The smallest absolute Gasteiger partial charge is 0.138 e. The molecule has 0 aliphatic heterocycles. The summed E-state index contributed by atoms with van der Waals surface area (Å²) in [6, 6.07) is 8.38. The fraction of sp³-hybridized carbons (Fsp3) is 0.429. The fourth-order valence-electron chi connectivity index (χ4n) is 2.17. The Morgan fingerprint density at radius 2 is 2.00 bits per heavy atom. The molecule has 20 heavy (non-hydrogen) atoms. The van der Waals surface area contributed by atoms with E-state index in [0.717, 1.165) is 17.9 Å². The number of hydrogen-bond acceptors (Lipinski definition) is 5. The summed E-state index contributed by atoms with van der Waals surface area (Å²) in [5, 5.41) is 4.18. The van der Waals surface area contributed by atoms with Gasteiger partial charge in [0, 0.05) is 32.7 Å². The molecule has 1 unspecified atom stereocenters. The molecule has 2 aromatic rings. The van der Waals surface area contributed by atoms with Gasteiger partial charge in [0.1, 0.15) is 12.2 Å². The lowest BCUT2D eigenvalue weighted by Gasteiger charge is -2.18. The molecule has 1 aromatic carbocycles. The number of anilines is 1. The molecule has 0 saturated carbocycles. The van der Waals surface area contributed by atoms with Crippen LogP contribution >= 0.6 is 0 Å². The fourth-order valence-corrected chi connectivity index (χ4v) is 2.17. The first kappa shape index (κ1) is 14.5. The van der Waals surface area contributed by atoms with Crippen molar-refractivity contribution in [3.8, 4) is 0 Å². The van der Waals surface area contributed by atoms with Crippen molar-refractivity contribution in [2.45, 2.75) is 25.9 Å². The zero-order chi connectivity index (χ0) is 14.5. The minimum Gasteiger partial charge on any atom is -0.378 e. The maximum Gasteiger partial charge on any atom is 0.138 e. The molecule has 108 valence electrons. The maximum atomic E-state index is 5.69. The Labute approximate surface area is 119 Å². The molecule has 6 heteroatoms. The van der Waals surface area contributed by atoms with E-state index in [1.54, 1.807) is 6.33 Å². The number of benzene rings is 1. The van der Waals surface area contributed by atoms with Crippen LogP contribution in [0.3, 0.4) is 0 Å². The van der Waals surface area contributed by atoms with Crippen molar-refractivity contribution in [3.63, 3.8) is 0 Å². The average Bonchev–Trinajstić information content (AvgIpc) is 2.92. The van der Waals surface area contributed by atoms with E-state index in [1.807, 2.05) is 18.8 Å². The van der Waals surface area contributed by atoms with E-state index in [2.05, 4.69) is 51.6 Å². The van der Waals surface area contributed by atoms with E-state index >= 15 is 0 Å². The molecule has 1 aromatic heterocycles. The summed E-state index contributed by atoms with van der Waals surface area (Å²) in [4.78, 5) is 6.37. The van der Waals surface area contributed by atoms with Gasteiger partial charge in [-0.1, -0.05) is 12.1 Å². The zero-order valence-electron chi connectivity index (χ0n) is 12.2. The summed E-state index contributed by atoms with van der Waals surface area (Å²) in [6.45, 7) is 2.86. The summed E-state index contributed by atoms with van der Waals surface area (Å²) >= 11 is 0. The number of nitrogens with two attached hydrogens (primary N) is 1. The summed E-state index contributed by atoms with van der Waals surface area (Å²) in [5.41, 5.74) is 5.17. The molecule has 3 N–H and O–H groups in total. The van der Waals surface area contributed by atoms with Crippen molar-refractivity contribution in [3.05, 3.63) is 42.0 Å². The van der Waals surface area contributed by atoms with Gasteiger partial charge in [0.15, 0.2) is 0 Å². The van der Waals surface area contributed by atoms with Gasteiger partial charge in [-0.3, -0.25) is 16.0 Å². The molecule has 0 spiro atoms. The van der Waals surface area contributed by atoms with Gasteiger partial charge in [-0.25, -0.2) is 4.98 Å². The molecular weight excluding hydrogens is 252 g/mol. The number of hydrazine groups is 1. The monoisotopic (exact) mass is 274 g/mol. The highest BCUT2D eigenvalue weighted by atomic mass is 15.3. The average molecular weight is 274 g/mol. The molecule has 1 heterocycles. The van der Waals surface area contributed by atoms with Crippen molar-refractivity contribution in [2.75, 3.05) is 19.0 Å². The molecule has 0 bridgehead atoms. The van der Waals surface area contributed by atoms with Crippen LogP contribution in [-0.4, -0.2) is 28.9 Å². The SMILES string of the molecule is CCn1ncnc1CC(NN)c1ccc(N(C)C)cc1. The minimum atomic E-state index is 0.0284. The molecule has 0 saturated heterocycles. The van der Waals surface area contributed by atoms with E-state index in [9.17, 15) is 0 Å². The van der Waals surface area contributed by atoms with Crippen LogP contribution in [0.2, 0.25) is 0 Å². The first-order valence-electron chi connectivity index (χ1n) is 6.75. The molecule has 0 fully saturated rings. The number of hydrogen-bond donors (Lipinski definition) is 2. The number of nitrogens with zero attached hydrogens (tertiary/aromatic N) is 4. The highest BCUT2D eigenvalue weighted by Gasteiger charge is 2.14. The third-order valence-electron chi connectivity index (χ3n) is 3.40. The van der Waals surface area contributed by atoms with E-state index in [0.29, 0.717) is 6.42 Å². The van der Waals surface area contributed by atoms with E-state index in [4.69, 9.17) is 5.84 Å². The van der Waals surface area contributed by atoms with Gasteiger partial charge in [0.2, 0.25) is 0 Å². The molecule has 0 radical (unpaired) electrons. The summed E-state index contributed by atoms with van der Waals surface area (Å²) < 4.78 is 1.89. The lowest BCUT2D eigenvalue weighted by molar-refractivity contribution is 0.510. The maximum absolute atomic E-state index is 5.69. The highest BCUT2D eigenvalue weighted by molar-refractivity contribution is 5.46. The third-order valence-corrected chi connectivity index (χ3v) is 3.40. The standard InChI is InChI=1S/C14H22N6/c1-4-20-14(16-10-17-20)9-13(18-15)11-5-7-12(8-6-11)19(2)3/h5-8,10,13,18H,4,9,15H2,1-3H3. The second kappa shape index (κ2) is 6.49. The van der Waals surface area contributed by atoms with Crippen molar-refractivity contribution >= 4 is 5.69 Å². The van der Waals surface area contributed by atoms with E-state index < -0.39 is 0 Å². The van der Waals surface area contributed by atoms with Gasteiger partial charge in [-0.05, 0) is 24.6 Å². The molecule has 0 amide bonds. The van der Waals surface area contributed by atoms with E-state index in [1.165, 1.54) is 5.69 Å². The molecular formula is C14H22N6. The normalized spacial score (nSPS) is 12.4. The molecule has 1 atom stereocenters. The van der Waals surface area contributed by atoms with Gasteiger partial charge < -0.3 is 4.90 Å². The Kier molecular flexibility index (Phi) is 4.70. The van der Waals surface area contributed by atoms with Crippen LogP contribution in [0, 0.1) is 0 Å². The summed E-state index contributed by atoms with van der Waals surface area (Å²) in [5.74, 6) is 6.63. The predicted octanol–water partition coefficient (Wildman–Crippen LogP) is 1.11. The van der Waals surface area contributed by atoms with Crippen molar-refractivity contribution in [2.24, 2.45) is 5.84 Å². The van der Waals surface area contributed by atoms with Gasteiger partial charge in [-0.15, -0.1) is 0 Å². The number of rotatable bonds is 6. The zero-order valence-corrected chi connectivity index (χ0v) is 12.2. The Hall–Kier alpha value is -1.92. The van der Waals surface area contributed by atoms with Crippen LogP contribution in [0.25, 0.3) is 0 Å². The van der Waals surface area contributed by atoms with Gasteiger partial charge in [0.25, 0.3) is 0 Å². The van der Waals surface area contributed by atoms with Crippen molar-refractivity contribution < 1.29 is 0 Å². The molecule has 0 aliphatic rings. The molecule has 2 rings (SSSR count). The van der Waals surface area contributed by atoms with Crippen LogP contribution in [0.4, 0.5) is 5.69 Å². The van der Waals surface area contributed by atoms with Crippen LogP contribution in [0.15, 0.2) is 30.6 Å². The lowest BCUT2D eigenvalue weighted by Crippen LogP contribution is -2.30. The van der Waals surface area contributed by atoms with Crippen molar-refractivity contribution in [1.82, 2.24) is 20.2 Å². The quantitative estimate of drug-likeness (QED) is 0.610. The highest BCUT2D eigenvalue weighted by Crippen LogP contribution is 2.20. The second-order valence-corrected chi connectivity index (χ2v) is 4.90. The largest absolute Gasteiger partial charge is 0.378 e. The van der Waals surface area contributed by atoms with Crippen molar-refractivity contribution in [1.29, 1.82) is 0 Å². The minimum absolute atomic E-state index is 0.0284. The molecule has 6 nitrogen and oxygen atoms in total. The number of aryl methyl sites for hydroxylation is 1. The van der Waals surface area contributed by atoms with Crippen LogP contribution in [0.1, 0.15) is 24.4 Å². The van der Waals surface area contributed by atoms with Crippen LogP contribution in [0.5, 0.6) is 0 Å². The second-order valence-electron chi connectivity index (χ2n) is 4.90. The topological polar surface area (TPSA) is 72.0 Å². The first-order chi connectivity index (χ1) is 9.65. The lowest BCUT2D eigenvalue weighted by atomic mass is 10.0. The Morgan fingerprint density at radius 3 is 2.55 bits per heavy atom. The predicted molar refractivity (Wildman–Crippen MR) is 80.2 cm³/mol. The summed E-state index contributed by atoms with van der Waals surface area (Å²) in [6.07, 6.45) is 2.30. The van der Waals surface area contributed by atoms with E-state index in [-0.39, 0.29) is 6.04 Å². The number of aromatic nitrogens is 3. The Morgan fingerprint density at radius 1 is 1.30 bits per heavy atom. The van der Waals surface area contributed by atoms with Crippen LogP contribution in [-0.2, 0) is 13.0 Å². The summed E-state index contributed by atoms with van der Waals surface area (Å²) in [7, 11) is 4.05. The molecule has 0 aliphatic carbocycles. The Bertz CT molecular complexity index is 531. The van der Waals surface area contributed by atoms with Gasteiger partial charge in [0.05, 0.1) is 6.04 Å².